The van der Waals surface area contributed by atoms with Gasteiger partial charge in [0, 0.05) is 6.07 Å². The van der Waals surface area contributed by atoms with Gasteiger partial charge in [0.1, 0.15) is 10.8 Å². The highest BCUT2D eigenvalue weighted by Gasteiger charge is 2.36. The molecule has 1 aliphatic heterocycles. The molecule has 0 bridgehead atoms. The average Bonchev–Trinajstić information content (AvgIpc) is 3.05. The van der Waals surface area contributed by atoms with Crippen molar-refractivity contribution in [2.45, 2.75) is 26.0 Å². The van der Waals surface area contributed by atoms with E-state index in [0.29, 0.717) is 11.4 Å². The number of aryl methyl sites for hydroxylation is 1. The van der Waals surface area contributed by atoms with Crippen LogP contribution in [-0.4, -0.2) is 28.1 Å². The van der Waals surface area contributed by atoms with Crippen LogP contribution in [-0.2, 0) is 16.1 Å². The molecule has 6 nitrogen and oxygen atoms in total. The fraction of sp³-hybridized carbons (Fsp3) is 0.211. The molecule has 150 valence electrons. The van der Waals surface area contributed by atoms with Gasteiger partial charge in [-0.25, -0.2) is 18.2 Å². The summed E-state index contributed by atoms with van der Waals surface area (Å²) in [6.45, 7) is 1.69. The summed E-state index contributed by atoms with van der Waals surface area (Å²) in [5.74, 6) is -5.74. The van der Waals surface area contributed by atoms with Crippen LogP contribution in [0.25, 0.3) is 10.2 Å². The molecule has 4 rings (SSSR count). The number of nitrogens with zero attached hydrogens (tertiary/aromatic N) is 2. The number of carbonyl (C=O) groups is 2. The second kappa shape index (κ2) is 7.03. The second-order valence-corrected chi connectivity index (χ2v) is 7.63. The van der Waals surface area contributed by atoms with Crippen LogP contribution in [0.15, 0.2) is 24.3 Å². The second-order valence-electron chi connectivity index (χ2n) is 6.54. The van der Waals surface area contributed by atoms with E-state index in [1.165, 1.54) is 4.90 Å². The number of aromatic nitrogens is 1. The first kappa shape index (κ1) is 19.2. The average molecular weight is 422 g/mol. The van der Waals surface area contributed by atoms with Gasteiger partial charge >= 0.3 is 5.97 Å². The molecule has 0 fully saturated rings. The number of fused-ring (bicyclic) bond motifs is 2. The Labute approximate surface area is 166 Å². The van der Waals surface area contributed by atoms with Crippen LogP contribution in [0.4, 0.5) is 18.9 Å². The number of halogens is 3. The summed E-state index contributed by atoms with van der Waals surface area (Å²) in [5.41, 5.74) is 1.19. The van der Waals surface area contributed by atoms with Gasteiger partial charge in [0.15, 0.2) is 23.6 Å². The van der Waals surface area contributed by atoms with Crippen LogP contribution in [0.5, 0.6) is 5.75 Å². The number of aliphatic carboxylic acids is 1. The van der Waals surface area contributed by atoms with E-state index in [1.807, 2.05) is 6.92 Å². The van der Waals surface area contributed by atoms with Crippen LogP contribution >= 0.6 is 11.3 Å². The van der Waals surface area contributed by atoms with Gasteiger partial charge in [0.25, 0.3) is 5.91 Å². The van der Waals surface area contributed by atoms with Crippen molar-refractivity contribution in [2.75, 3.05) is 4.90 Å². The van der Waals surface area contributed by atoms with Crippen LogP contribution in [0.1, 0.15) is 17.0 Å². The standard InChI is InChI=1S/C19H13F3N2O4S/c1-8-2-3-11-12(4-8)28-13(6-15(25)26)19(27)24(11)7-14-23-10-5-9(20)16(21)17(22)18(10)29-14/h2-5,13H,6-7H2,1H3,(H,25,26). The number of rotatable bonds is 4. The molecule has 1 amide bonds. The summed E-state index contributed by atoms with van der Waals surface area (Å²) in [7, 11) is 0. The zero-order valence-electron chi connectivity index (χ0n) is 14.9. The molecule has 1 aliphatic rings. The lowest BCUT2D eigenvalue weighted by Gasteiger charge is -2.33. The van der Waals surface area contributed by atoms with Crippen molar-refractivity contribution in [1.82, 2.24) is 4.98 Å². The van der Waals surface area contributed by atoms with E-state index in [1.54, 1.807) is 18.2 Å². The Hall–Kier alpha value is -3.14. The molecule has 2 aromatic carbocycles. The number of amides is 1. The minimum Gasteiger partial charge on any atom is -0.481 e. The Kier molecular flexibility index (Phi) is 4.65. The number of hydrogen-bond acceptors (Lipinski definition) is 5. The number of carbonyl (C=O) groups excluding carboxylic acids is 1. The molecule has 0 aliphatic carbocycles. The Morgan fingerprint density at radius 1 is 1.28 bits per heavy atom. The minimum absolute atomic E-state index is 0.0617. The van der Waals surface area contributed by atoms with Gasteiger partial charge in [-0.3, -0.25) is 14.5 Å². The lowest BCUT2D eigenvalue weighted by Crippen LogP contribution is -2.46. The largest absolute Gasteiger partial charge is 0.481 e. The molecule has 0 saturated heterocycles. The van der Waals surface area contributed by atoms with E-state index in [9.17, 15) is 22.8 Å². The number of hydrogen-bond donors (Lipinski definition) is 1. The molecule has 10 heteroatoms. The van der Waals surface area contributed by atoms with Crippen molar-refractivity contribution >= 4 is 39.1 Å². The monoisotopic (exact) mass is 422 g/mol. The summed E-state index contributed by atoms with van der Waals surface area (Å²) in [5, 5.41) is 9.30. The van der Waals surface area contributed by atoms with E-state index >= 15 is 0 Å². The lowest BCUT2D eigenvalue weighted by molar-refractivity contribution is -0.142. The molecule has 0 saturated carbocycles. The van der Waals surface area contributed by atoms with Crippen molar-refractivity contribution in [1.29, 1.82) is 0 Å². The third-order valence-corrected chi connectivity index (χ3v) is 5.48. The van der Waals surface area contributed by atoms with Gasteiger partial charge in [0.2, 0.25) is 0 Å². The summed E-state index contributed by atoms with van der Waals surface area (Å²) >= 11 is 0.792. The summed E-state index contributed by atoms with van der Waals surface area (Å²) < 4.78 is 46.4. The molecule has 0 spiro atoms. The van der Waals surface area contributed by atoms with Crippen LogP contribution in [0.2, 0.25) is 0 Å². The summed E-state index contributed by atoms with van der Waals surface area (Å²) in [6, 6.07) is 5.86. The highest BCUT2D eigenvalue weighted by Crippen LogP contribution is 2.37. The molecular weight excluding hydrogens is 409 g/mol. The van der Waals surface area contributed by atoms with Gasteiger partial charge in [-0.2, -0.15) is 0 Å². The highest BCUT2D eigenvalue weighted by atomic mass is 32.1. The topological polar surface area (TPSA) is 79.7 Å². The van der Waals surface area contributed by atoms with Crippen molar-refractivity contribution in [3.05, 3.63) is 52.3 Å². The number of benzene rings is 2. The number of anilines is 1. The van der Waals surface area contributed by atoms with Crippen molar-refractivity contribution in [3.63, 3.8) is 0 Å². The fourth-order valence-electron chi connectivity index (χ4n) is 3.11. The Morgan fingerprint density at radius 2 is 2.03 bits per heavy atom. The number of carboxylic acids is 1. The van der Waals surface area contributed by atoms with Crippen molar-refractivity contribution < 1.29 is 32.6 Å². The number of carboxylic acid groups (broad SMARTS) is 1. The minimum atomic E-state index is -1.59. The van der Waals surface area contributed by atoms with E-state index < -0.39 is 41.9 Å². The maximum absolute atomic E-state index is 14.0. The van der Waals surface area contributed by atoms with E-state index in [4.69, 9.17) is 9.84 Å². The van der Waals surface area contributed by atoms with Gasteiger partial charge < -0.3 is 9.84 Å². The SMILES string of the molecule is Cc1ccc2c(c1)OC(CC(=O)O)C(=O)N2Cc1nc2cc(F)c(F)c(F)c2s1. The predicted octanol–water partition coefficient (Wildman–Crippen LogP) is 3.79. The zero-order chi connectivity index (χ0) is 20.9. The maximum Gasteiger partial charge on any atom is 0.307 e. The molecule has 2 heterocycles. The molecule has 29 heavy (non-hydrogen) atoms. The third-order valence-electron chi connectivity index (χ3n) is 4.43. The Morgan fingerprint density at radius 3 is 2.76 bits per heavy atom. The fourth-order valence-corrected chi connectivity index (χ4v) is 4.07. The normalized spacial score (nSPS) is 16.1. The van der Waals surface area contributed by atoms with Crippen LogP contribution in [0.3, 0.4) is 0 Å². The quantitative estimate of drug-likeness (QED) is 0.647. The highest BCUT2D eigenvalue weighted by molar-refractivity contribution is 7.18. The first-order chi connectivity index (χ1) is 13.7. The van der Waals surface area contributed by atoms with Gasteiger partial charge in [-0.1, -0.05) is 6.07 Å². The third kappa shape index (κ3) is 3.39. The molecular formula is C19H13F3N2O4S. The van der Waals surface area contributed by atoms with E-state index in [0.717, 1.165) is 23.0 Å². The predicted molar refractivity (Wildman–Crippen MR) is 98.5 cm³/mol. The lowest BCUT2D eigenvalue weighted by atomic mass is 10.1. The Bertz CT molecular complexity index is 1160. The van der Waals surface area contributed by atoms with E-state index in [2.05, 4.69) is 4.98 Å². The molecule has 0 radical (unpaired) electrons. The van der Waals surface area contributed by atoms with E-state index in [-0.39, 0.29) is 21.8 Å². The van der Waals surface area contributed by atoms with Crippen molar-refractivity contribution in [3.8, 4) is 5.75 Å². The first-order valence-electron chi connectivity index (χ1n) is 8.48. The molecule has 1 aromatic heterocycles. The van der Waals surface area contributed by atoms with Crippen LogP contribution in [0, 0.1) is 24.4 Å². The number of ether oxygens (including phenoxy) is 1. The summed E-state index contributed by atoms with van der Waals surface area (Å²) in [6.07, 6.45) is -1.77. The Balaban J connectivity index is 1.75. The first-order valence-corrected chi connectivity index (χ1v) is 9.29. The van der Waals surface area contributed by atoms with Crippen molar-refractivity contribution in [2.24, 2.45) is 0 Å². The maximum atomic E-state index is 14.0. The van der Waals surface area contributed by atoms with Gasteiger partial charge in [-0.15, -0.1) is 11.3 Å². The smallest absolute Gasteiger partial charge is 0.307 e. The molecule has 1 atom stereocenters. The molecule has 1 N–H and O–H groups in total. The van der Waals surface area contributed by atoms with Gasteiger partial charge in [0.05, 0.1) is 28.9 Å². The molecule has 1 unspecified atom stereocenters. The summed E-state index contributed by atoms with van der Waals surface area (Å²) in [4.78, 5) is 29.3. The van der Waals surface area contributed by atoms with Gasteiger partial charge in [-0.05, 0) is 24.6 Å². The number of thiazole rings is 1. The van der Waals surface area contributed by atoms with Crippen LogP contribution < -0.4 is 9.64 Å². The molecule has 3 aromatic rings. The zero-order valence-corrected chi connectivity index (χ0v) is 15.7.